The van der Waals surface area contributed by atoms with Gasteiger partial charge in [-0.2, -0.15) is 0 Å². The Morgan fingerprint density at radius 3 is 2.06 bits per heavy atom. The highest BCUT2D eigenvalue weighted by atomic mass is 16.2. The van der Waals surface area contributed by atoms with Crippen LogP contribution < -0.4 is 5.32 Å². The highest BCUT2D eigenvalue weighted by molar-refractivity contribution is 5.87. The van der Waals surface area contributed by atoms with E-state index in [0.717, 1.165) is 6.42 Å². The summed E-state index contributed by atoms with van der Waals surface area (Å²) >= 11 is 0. The molecule has 1 unspecified atom stereocenters. The Labute approximate surface area is 111 Å². The summed E-state index contributed by atoms with van der Waals surface area (Å²) in [6, 6.07) is -0.352. The topological polar surface area (TPSA) is 49.4 Å². The number of carbonyl (C=O) groups is 2. The van der Waals surface area contributed by atoms with Gasteiger partial charge in [-0.25, -0.2) is 0 Å². The smallest absolute Gasteiger partial charge is 0.242 e. The Balaban J connectivity index is 4.58. The second-order valence-corrected chi connectivity index (χ2v) is 5.70. The Morgan fingerprint density at radius 1 is 1.11 bits per heavy atom. The van der Waals surface area contributed by atoms with Gasteiger partial charge >= 0.3 is 0 Å². The van der Waals surface area contributed by atoms with Gasteiger partial charge in [0.25, 0.3) is 0 Å². The summed E-state index contributed by atoms with van der Waals surface area (Å²) in [6.07, 6.45) is 2.08. The molecule has 0 saturated heterocycles. The summed E-state index contributed by atoms with van der Waals surface area (Å²) in [4.78, 5) is 25.5. The summed E-state index contributed by atoms with van der Waals surface area (Å²) < 4.78 is 0. The van der Waals surface area contributed by atoms with Crippen molar-refractivity contribution in [2.45, 2.75) is 53.0 Å². The molecule has 0 spiro atoms. The van der Waals surface area contributed by atoms with Crippen molar-refractivity contribution in [1.82, 2.24) is 10.2 Å². The van der Waals surface area contributed by atoms with Gasteiger partial charge in [-0.1, -0.05) is 27.7 Å². The van der Waals surface area contributed by atoms with E-state index in [2.05, 4.69) is 33.0 Å². The van der Waals surface area contributed by atoms with E-state index in [1.807, 2.05) is 0 Å². The lowest BCUT2D eigenvalue weighted by atomic mass is 10.0. The van der Waals surface area contributed by atoms with Crippen LogP contribution in [0.1, 0.15) is 47.0 Å². The van der Waals surface area contributed by atoms with Crippen molar-refractivity contribution in [2.75, 3.05) is 14.1 Å². The molecule has 0 aliphatic heterocycles. The van der Waals surface area contributed by atoms with E-state index in [-0.39, 0.29) is 17.9 Å². The quantitative estimate of drug-likeness (QED) is 0.758. The average Bonchev–Trinajstić information content (AvgIpc) is 2.30. The van der Waals surface area contributed by atoms with Gasteiger partial charge in [0.2, 0.25) is 11.8 Å². The SMILES string of the molecule is CNC(=O)C(CC(C)C)N(C)C(=O)CCC(C)C. The fourth-order valence-corrected chi connectivity index (χ4v) is 1.82. The molecule has 0 heterocycles. The molecule has 0 aromatic rings. The summed E-state index contributed by atoms with van der Waals surface area (Å²) in [6.45, 7) is 8.31. The highest BCUT2D eigenvalue weighted by Gasteiger charge is 2.26. The van der Waals surface area contributed by atoms with Crippen LogP contribution in [0.3, 0.4) is 0 Å². The third-order valence-corrected chi connectivity index (χ3v) is 3.04. The lowest BCUT2D eigenvalue weighted by Crippen LogP contribution is -2.47. The maximum atomic E-state index is 12.0. The number of hydrogen-bond donors (Lipinski definition) is 1. The van der Waals surface area contributed by atoms with Crippen molar-refractivity contribution < 1.29 is 9.59 Å². The van der Waals surface area contributed by atoms with E-state index < -0.39 is 0 Å². The molecular formula is C14H28N2O2. The molecule has 0 aromatic carbocycles. The van der Waals surface area contributed by atoms with E-state index in [9.17, 15) is 9.59 Å². The molecule has 4 nitrogen and oxygen atoms in total. The Hall–Kier alpha value is -1.06. The predicted molar refractivity (Wildman–Crippen MR) is 74.2 cm³/mol. The van der Waals surface area contributed by atoms with Crippen LogP contribution in [0.4, 0.5) is 0 Å². The number of rotatable bonds is 7. The minimum Gasteiger partial charge on any atom is -0.357 e. The monoisotopic (exact) mass is 256 g/mol. The molecule has 4 heteroatoms. The molecule has 1 atom stereocenters. The summed E-state index contributed by atoms with van der Waals surface area (Å²) in [7, 11) is 3.34. The fourth-order valence-electron chi connectivity index (χ4n) is 1.82. The largest absolute Gasteiger partial charge is 0.357 e. The van der Waals surface area contributed by atoms with Crippen molar-refractivity contribution in [3.8, 4) is 0 Å². The summed E-state index contributed by atoms with van der Waals surface area (Å²) in [5, 5.41) is 2.64. The first-order valence-corrected chi connectivity index (χ1v) is 6.76. The molecule has 106 valence electrons. The highest BCUT2D eigenvalue weighted by Crippen LogP contribution is 2.13. The third kappa shape index (κ3) is 6.03. The van der Waals surface area contributed by atoms with Gasteiger partial charge in [-0.3, -0.25) is 9.59 Å². The molecule has 0 rings (SSSR count). The number of nitrogens with zero attached hydrogens (tertiary/aromatic N) is 1. The van der Waals surface area contributed by atoms with Gasteiger partial charge in [-0.05, 0) is 24.7 Å². The average molecular weight is 256 g/mol. The molecule has 2 amide bonds. The number of carbonyl (C=O) groups excluding carboxylic acids is 2. The van der Waals surface area contributed by atoms with Crippen LogP contribution in [0.15, 0.2) is 0 Å². The number of nitrogens with one attached hydrogen (secondary N) is 1. The zero-order chi connectivity index (χ0) is 14.3. The minimum atomic E-state index is -0.352. The Morgan fingerprint density at radius 2 is 1.67 bits per heavy atom. The van der Waals surface area contributed by atoms with Crippen LogP contribution in [0.5, 0.6) is 0 Å². The van der Waals surface area contributed by atoms with Crippen LogP contribution in [0, 0.1) is 11.8 Å². The van der Waals surface area contributed by atoms with E-state index in [4.69, 9.17) is 0 Å². The van der Waals surface area contributed by atoms with Gasteiger partial charge in [-0.15, -0.1) is 0 Å². The van der Waals surface area contributed by atoms with Crippen LogP contribution in [0.25, 0.3) is 0 Å². The molecule has 0 aromatic heterocycles. The molecule has 0 saturated carbocycles. The number of hydrogen-bond acceptors (Lipinski definition) is 2. The van der Waals surface area contributed by atoms with E-state index in [1.165, 1.54) is 0 Å². The summed E-state index contributed by atoms with van der Waals surface area (Å²) in [5.74, 6) is 0.862. The Bertz CT molecular complexity index is 275. The second-order valence-electron chi connectivity index (χ2n) is 5.70. The minimum absolute atomic E-state index is 0.0537. The van der Waals surface area contributed by atoms with Gasteiger partial charge in [0.05, 0.1) is 0 Å². The first-order valence-electron chi connectivity index (χ1n) is 6.76. The first-order chi connectivity index (χ1) is 8.29. The number of likely N-dealkylation sites (N-methyl/N-ethyl adjacent to an activating group) is 2. The standard InChI is InChI=1S/C14H28N2O2/c1-10(2)7-8-13(17)16(6)12(9-11(3)4)14(18)15-5/h10-12H,7-9H2,1-6H3,(H,15,18). The van der Waals surface area contributed by atoms with Crippen LogP contribution in [-0.4, -0.2) is 36.9 Å². The molecule has 0 aliphatic carbocycles. The summed E-state index contributed by atoms with van der Waals surface area (Å²) in [5.41, 5.74) is 0. The van der Waals surface area contributed by atoms with Crippen molar-refractivity contribution in [3.05, 3.63) is 0 Å². The normalized spacial score (nSPS) is 12.7. The van der Waals surface area contributed by atoms with Crippen LogP contribution >= 0.6 is 0 Å². The van der Waals surface area contributed by atoms with E-state index in [1.54, 1.807) is 19.0 Å². The molecule has 1 N–H and O–H groups in total. The molecule has 0 fully saturated rings. The van der Waals surface area contributed by atoms with Crippen molar-refractivity contribution in [3.63, 3.8) is 0 Å². The Kier molecular flexibility index (Phi) is 7.64. The maximum Gasteiger partial charge on any atom is 0.242 e. The van der Waals surface area contributed by atoms with Crippen LogP contribution in [0.2, 0.25) is 0 Å². The van der Waals surface area contributed by atoms with Gasteiger partial charge in [0.15, 0.2) is 0 Å². The molecule has 0 aliphatic rings. The van der Waals surface area contributed by atoms with Gasteiger partial charge in [0, 0.05) is 20.5 Å². The predicted octanol–water partition coefficient (Wildman–Crippen LogP) is 2.04. The number of amides is 2. The fraction of sp³-hybridized carbons (Fsp3) is 0.857. The first kappa shape index (κ1) is 16.9. The maximum absolute atomic E-state index is 12.0. The van der Waals surface area contributed by atoms with E-state index >= 15 is 0 Å². The van der Waals surface area contributed by atoms with Crippen molar-refractivity contribution >= 4 is 11.8 Å². The van der Waals surface area contributed by atoms with Crippen molar-refractivity contribution in [1.29, 1.82) is 0 Å². The van der Waals surface area contributed by atoms with Gasteiger partial charge < -0.3 is 10.2 Å². The second kappa shape index (κ2) is 8.11. The molecule has 0 radical (unpaired) electrons. The molecule has 18 heavy (non-hydrogen) atoms. The lowest BCUT2D eigenvalue weighted by molar-refractivity contribution is -0.139. The zero-order valence-corrected chi connectivity index (χ0v) is 12.6. The molecule has 0 bridgehead atoms. The third-order valence-electron chi connectivity index (χ3n) is 3.04. The zero-order valence-electron chi connectivity index (χ0n) is 12.6. The van der Waals surface area contributed by atoms with E-state index in [0.29, 0.717) is 24.7 Å². The molecular weight excluding hydrogens is 228 g/mol. The van der Waals surface area contributed by atoms with Crippen molar-refractivity contribution in [2.24, 2.45) is 11.8 Å². The van der Waals surface area contributed by atoms with Crippen LogP contribution in [-0.2, 0) is 9.59 Å². The lowest BCUT2D eigenvalue weighted by Gasteiger charge is -2.28. The van der Waals surface area contributed by atoms with Gasteiger partial charge in [0.1, 0.15) is 6.04 Å².